The summed E-state index contributed by atoms with van der Waals surface area (Å²) in [5, 5.41) is 7.48. The normalized spacial score (nSPS) is 16.1. The van der Waals surface area contributed by atoms with Crippen LogP contribution in [0.2, 0.25) is 0 Å². The number of nitrogens with zero attached hydrogens (tertiary/aromatic N) is 2. The third-order valence-corrected chi connectivity index (χ3v) is 4.17. The average molecular weight is 342 g/mol. The van der Waals surface area contributed by atoms with Crippen molar-refractivity contribution < 1.29 is 14.3 Å². The fourth-order valence-electron chi connectivity index (χ4n) is 3.11. The second kappa shape index (κ2) is 7.38. The van der Waals surface area contributed by atoms with Gasteiger partial charge in [-0.05, 0) is 49.9 Å². The van der Waals surface area contributed by atoms with Crippen molar-refractivity contribution in [3.05, 3.63) is 47.3 Å². The first-order valence-corrected chi connectivity index (χ1v) is 8.45. The predicted octanol–water partition coefficient (Wildman–Crippen LogP) is 1.57. The summed E-state index contributed by atoms with van der Waals surface area (Å²) in [6.07, 6.45) is 4.51. The zero-order chi connectivity index (χ0) is 17.8. The molecule has 1 atom stereocenters. The molecule has 0 bridgehead atoms. The molecule has 3 rings (SSSR count). The molecule has 132 valence electrons. The Morgan fingerprint density at radius 3 is 3.04 bits per heavy atom. The standard InChI is InChI=1S/C18H22N4O3/c1-2-25-14-7-3-5-12(9-14)18(24)20-15-8-4-6-13-10-22(11-16(19)23)21-17(13)15/h3,5,7,9-10,15H,2,4,6,8,11H2,1H3,(H2,19,23)(H,20,24)/t15-/m1/s1. The van der Waals surface area contributed by atoms with E-state index >= 15 is 0 Å². The van der Waals surface area contributed by atoms with Crippen LogP contribution in [-0.2, 0) is 17.8 Å². The number of carbonyl (C=O) groups is 2. The van der Waals surface area contributed by atoms with Crippen molar-refractivity contribution in [1.29, 1.82) is 0 Å². The number of rotatable bonds is 6. The monoisotopic (exact) mass is 342 g/mol. The van der Waals surface area contributed by atoms with Crippen LogP contribution in [0, 0.1) is 0 Å². The number of nitrogens with two attached hydrogens (primary N) is 1. The Bertz CT molecular complexity index is 784. The molecule has 2 amide bonds. The molecular formula is C18H22N4O3. The maximum atomic E-state index is 12.6. The molecule has 0 saturated carbocycles. The van der Waals surface area contributed by atoms with E-state index in [9.17, 15) is 9.59 Å². The van der Waals surface area contributed by atoms with Crippen molar-refractivity contribution in [2.75, 3.05) is 6.61 Å². The van der Waals surface area contributed by atoms with Gasteiger partial charge in [-0.1, -0.05) is 6.07 Å². The third-order valence-electron chi connectivity index (χ3n) is 4.17. The van der Waals surface area contributed by atoms with Gasteiger partial charge < -0.3 is 15.8 Å². The van der Waals surface area contributed by atoms with Gasteiger partial charge in [0.15, 0.2) is 0 Å². The molecule has 1 aromatic heterocycles. The number of hydrogen-bond donors (Lipinski definition) is 2. The zero-order valence-electron chi connectivity index (χ0n) is 14.2. The van der Waals surface area contributed by atoms with Crippen molar-refractivity contribution in [1.82, 2.24) is 15.1 Å². The number of aromatic nitrogens is 2. The third kappa shape index (κ3) is 3.99. The maximum Gasteiger partial charge on any atom is 0.251 e. The van der Waals surface area contributed by atoms with Crippen molar-refractivity contribution in [3.8, 4) is 5.75 Å². The van der Waals surface area contributed by atoms with Gasteiger partial charge in [0.25, 0.3) is 5.91 Å². The van der Waals surface area contributed by atoms with Crippen LogP contribution < -0.4 is 15.8 Å². The van der Waals surface area contributed by atoms with E-state index in [0.717, 1.165) is 30.5 Å². The molecule has 0 spiro atoms. The van der Waals surface area contributed by atoms with E-state index in [-0.39, 0.29) is 18.5 Å². The van der Waals surface area contributed by atoms with E-state index in [4.69, 9.17) is 10.5 Å². The van der Waals surface area contributed by atoms with E-state index in [2.05, 4.69) is 10.4 Å². The van der Waals surface area contributed by atoms with Crippen LogP contribution in [0.25, 0.3) is 0 Å². The van der Waals surface area contributed by atoms with Gasteiger partial charge in [0.1, 0.15) is 12.3 Å². The van der Waals surface area contributed by atoms with Crippen molar-refractivity contribution in [2.24, 2.45) is 5.73 Å². The fraction of sp³-hybridized carbons (Fsp3) is 0.389. The summed E-state index contributed by atoms with van der Waals surface area (Å²) < 4.78 is 6.99. The van der Waals surface area contributed by atoms with Crippen LogP contribution in [0.5, 0.6) is 5.75 Å². The Morgan fingerprint density at radius 2 is 2.28 bits per heavy atom. The van der Waals surface area contributed by atoms with Gasteiger partial charge in [-0.15, -0.1) is 0 Å². The minimum Gasteiger partial charge on any atom is -0.494 e. The number of hydrogen-bond acceptors (Lipinski definition) is 4. The Balaban J connectivity index is 1.75. The molecule has 7 nitrogen and oxygen atoms in total. The lowest BCUT2D eigenvalue weighted by molar-refractivity contribution is -0.118. The molecule has 1 aliphatic carbocycles. The number of fused-ring (bicyclic) bond motifs is 1. The van der Waals surface area contributed by atoms with E-state index in [1.165, 1.54) is 0 Å². The SMILES string of the molecule is CCOc1cccc(C(=O)N[C@@H]2CCCc3cn(CC(N)=O)nc32)c1. The topological polar surface area (TPSA) is 99.2 Å². The average Bonchev–Trinajstić information content (AvgIpc) is 2.98. The highest BCUT2D eigenvalue weighted by Gasteiger charge is 2.26. The first kappa shape index (κ1) is 17.0. The Kier molecular flexibility index (Phi) is 5.02. The lowest BCUT2D eigenvalue weighted by atomic mass is 9.93. The summed E-state index contributed by atoms with van der Waals surface area (Å²) in [7, 11) is 0. The predicted molar refractivity (Wildman–Crippen MR) is 92.2 cm³/mol. The summed E-state index contributed by atoms with van der Waals surface area (Å²) in [4.78, 5) is 23.7. The Morgan fingerprint density at radius 1 is 1.44 bits per heavy atom. The van der Waals surface area contributed by atoms with Gasteiger partial charge in [0.2, 0.25) is 5.91 Å². The van der Waals surface area contributed by atoms with Crippen LogP contribution in [0.15, 0.2) is 30.5 Å². The molecule has 0 aliphatic heterocycles. The second-order valence-corrected chi connectivity index (χ2v) is 6.08. The number of primary amides is 1. The number of amides is 2. The fourth-order valence-corrected chi connectivity index (χ4v) is 3.11. The highest BCUT2D eigenvalue weighted by Crippen LogP contribution is 2.29. The summed E-state index contributed by atoms with van der Waals surface area (Å²) >= 11 is 0. The van der Waals surface area contributed by atoms with Crippen LogP contribution in [-0.4, -0.2) is 28.2 Å². The molecule has 25 heavy (non-hydrogen) atoms. The molecule has 7 heteroatoms. The zero-order valence-corrected chi connectivity index (χ0v) is 14.2. The van der Waals surface area contributed by atoms with Crippen LogP contribution >= 0.6 is 0 Å². The van der Waals surface area contributed by atoms with E-state index in [1.807, 2.05) is 19.2 Å². The van der Waals surface area contributed by atoms with E-state index < -0.39 is 5.91 Å². The summed E-state index contributed by atoms with van der Waals surface area (Å²) in [5.41, 5.74) is 7.66. The van der Waals surface area contributed by atoms with Crippen molar-refractivity contribution in [3.63, 3.8) is 0 Å². The first-order chi connectivity index (χ1) is 12.1. The van der Waals surface area contributed by atoms with Crippen LogP contribution in [0.1, 0.15) is 47.4 Å². The van der Waals surface area contributed by atoms with Crippen LogP contribution in [0.3, 0.4) is 0 Å². The number of benzene rings is 1. The molecule has 0 unspecified atom stereocenters. The van der Waals surface area contributed by atoms with Crippen LogP contribution in [0.4, 0.5) is 0 Å². The molecule has 2 aromatic rings. The van der Waals surface area contributed by atoms with Gasteiger partial charge in [0, 0.05) is 11.8 Å². The Labute approximate surface area is 146 Å². The number of nitrogens with one attached hydrogen (secondary N) is 1. The highest BCUT2D eigenvalue weighted by atomic mass is 16.5. The van der Waals surface area contributed by atoms with Crippen molar-refractivity contribution >= 4 is 11.8 Å². The van der Waals surface area contributed by atoms with Gasteiger partial charge in [-0.3, -0.25) is 14.3 Å². The number of carbonyl (C=O) groups excluding carboxylic acids is 2. The summed E-state index contributed by atoms with van der Waals surface area (Å²) in [5.74, 6) is 0.0715. The second-order valence-electron chi connectivity index (χ2n) is 6.08. The Hall–Kier alpha value is -2.83. The minimum atomic E-state index is -0.437. The largest absolute Gasteiger partial charge is 0.494 e. The molecule has 0 fully saturated rings. The smallest absolute Gasteiger partial charge is 0.251 e. The highest BCUT2D eigenvalue weighted by molar-refractivity contribution is 5.94. The molecule has 3 N–H and O–H groups in total. The molecule has 0 saturated heterocycles. The van der Waals surface area contributed by atoms with Gasteiger partial charge in [-0.25, -0.2) is 0 Å². The number of aryl methyl sites for hydroxylation is 1. The molecule has 1 heterocycles. The van der Waals surface area contributed by atoms with Gasteiger partial charge in [-0.2, -0.15) is 5.10 Å². The minimum absolute atomic E-state index is 0.0457. The quantitative estimate of drug-likeness (QED) is 0.832. The molecule has 0 radical (unpaired) electrons. The molecule has 1 aromatic carbocycles. The van der Waals surface area contributed by atoms with Gasteiger partial charge >= 0.3 is 0 Å². The maximum absolute atomic E-state index is 12.6. The van der Waals surface area contributed by atoms with E-state index in [1.54, 1.807) is 22.9 Å². The molecule has 1 aliphatic rings. The molecular weight excluding hydrogens is 320 g/mol. The lowest BCUT2D eigenvalue weighted by Gasteiger charge is -2.22. The van der Waals surface area contributed by atoms with Gasteiger partial charge in [0.05, 0.1) is 18.3 Å². The summed E-state index contributed by atoms with van der Waals surface area (Å²) in [6.45, 7) is 2.50. The first-order valence-electron chi connectivity index (χ1n) is 8.45. The van der Waals surface area contributed by atoms with E-state index in [0.29, 0.717) is 17.9 Å². The summed E-state index contributed by atoms with van der Waals surface area (Å²) in [6, 6.07) is 6.95. The van der Waals surface area contributed by atoms with Crippen molar-refractivity contribution in [2.45, 2.75) is 38.8 Å². The number of ether oxygens (including phenoxy) is 1. The lowest BCUT2D eigenvalue weighted by Crippen LogP contribution is -2.31.